The van der Waals surface area contributed by atoms with E-state index in [2.05, 4.69) is 36.6 Å². The van der Waals surface area contributed by atoms with Crippen molar-refractivity contribution < 1.29 is 4.39 Å². The number of benzene rings is 2. The lowest BCUT2D eigenvalue weighted by molar-refractivity contribution is 0.619. The molecule has 0 atom stereocenters. The Labute approximate surface area is 128 Å². The lowest BCUT2D eigenvalue weighted by Crippen LogP contribution is -2.12. The summed E-state index contributed by atoms with van der Waals surface area (Å²) in [6.07, 6.45) is 1.06. The third kappa shape index (κ3) is 2.65. The van der Waals surface area contributed by atoms with Gasteiger partial charge in [-0.15, -0.1) is 0 Å². The molecule has 0 fully saturated rings. The van der Waals surface area contributed by atoms with E-state index in [0.29, 0.717) is 0 Å². The van der Waals surface area contributed by atoms with Crippen LogP contribution in [-0.2, 0) is 0 Å². The second-order valence-electron chi connectivity index (χ2n) is 4.30. The van der Waals surface area contributed by atoms with Gasteiger partial charge in [0.2, 0.25) is 5.95 Å². The molecule has 3 aromatic rings. The predicted molar refractivity (Wildman–Crippen MR) is 84.7 cm³/mol. The number of hydrogen-bond acceptors (Lipinski definition) is 5. The van der Waals surface area contributed by atoms with Gasteiger partial charge in [0.15, 0.2) is 11.6 Å². The molecule has 7 heteroatoms. The maximum absolute atomic E-state index is 13.8. The first-order chi connectivity index (χ1) is 10.2. The van der Waals surface area contributed by atoms with Crippen molar-refractivity contribution in [2.24, 2.45) is 5.84 Å². The summed E-state index contributed by atoms with van der Waals surface area (Å²) in [5, 5.41) is 4.95. The van der Waals surface area contributed by atoms with Gasteiger partial charge < -0.3 is 5.32 Å². The van der Waals surface area contributed by atoms with Gasteiger partial charge >= 0.3 is 0 Å². The molecular formula is C14H11BrFN5. The molecule has 0 saturated carbocycles. The van der Waals surface area contributed by atoms with Gasteiger partial charge in [-0.1, -0.05) is 40.2 Å². The monoisotopic (exact) mass is 347 g/mol. The maximum Gasteiger partial charge on any atom is 0.239 e. The van der Waals surface area contributed by atoms with Crippen molar-refractivity contribution in [2.75, 3.05) is 10.7 Å². The van der Waals surface area contributed by atoms with Crippen molar-refractivity contribution in [3.05, 3.63) is 52.9 Å². The van der Waals surface area contributed by atoms with E-state index in [4.69, 9.17) is 5.84 Å². The van der Waals surface area contributed by atoms with Crippen molar-refractivity contribution in [2.45, 2.75) is 0 Å². The van der Waals surface area contributed by atoms with Gasteiger partial charge in [-0.3, -0.25) is 5.43 Å². The molecular weight excluding hydrogens is 337 g/mol. The largest absolute Gasteiger partial charge is 0.337 e. The fourth-order valence-electron chi connectivity index (χ4n) is 2.02. The molecule has 21 heavy (non-hydrogen) atoms. The number of anilines is 3. The molecule has 0 aliphatic heterocycles. The summed E-state index contributed by atoms with van der Waals surface area (Å²) in [5.74, 6) is 4.89. The highest BCUT2D eigenvalue weighted by Gasteiger charge is 2.09. The topological polar surface area (TPSA) is 75.9 Å². The molecule has 0 spiro atoms. The van der Waals surface area contributed by atoms with Gasteiger partial charge in [0.1, 0.15) is 0 Å². The van der Waals surface area contributed by atoms with E-state index in [1.54, 1.807) is 0 Å². The Bertz CT molecular complexity index is 808. The van der Waals surface area contributed by atoms with E-state index < -0.39 is 5.82 Å². The third-order valence-corrected chi connectivity index (χ3v) is 3.69. The first kappa shape index (κ1) is 13.7. The second-order valence-corrected chi connectivity index (χ2v) is 5.15. The van der Waals surface area contributed by atoms with Crippen LogP contribution in [-0.4, -0.2) is 9.97 Å². The average molecular weight is 348 g/mol. The number of aromatic nitrogens is 2. The van der Waals surface area contributed by atoms with E-state index in [-0.39, 0.29) is 11.8 Å². The Morgan fingerprint density at radius 2 is 1.86 bits per heavy atom. The SMILES string of the molecule is NNc1ncc(F)c(Nc2ccc(Br)c3ccccc23)n1. The third-order valence-electron chi connectivity index (χ3n) is 3.00. The quantitative estimate of drug-likeness (QED) is 0.498. The Hall–Kier alpha value is -2.25. The van der Waals surface area contributed by atoms with E-state index >= 15 is 0 Å². The molecule has 4 N–H and O–H groups in total. The van der Waals surface area contributed by atoms with E-state index in [1.807, 2.05) is 36.4 Å². The molecule has 5 nitrogen and oxygen atoms in total. The van der Waals surface area contributed by atoms with Gasteiger partial charge in [0, 0.05) is 15.5 Å². The number of nitrogen functional groups attached to an aromatic ring is 1. The van der Waals surface area contributed by atoms with E-state index in [0.717, 1.165) is 27.1 Å². The molecule has 106 valence electrons. The van der Waals surface area contributed by atoms with Crippen LogP contribution in [0.2, 0.25) is 0 Å². The highest BCUT2D eigenvalue weighted by atomic mass is 79.9. The lowest BCUT2D eigenvalue weighted by atomic mass is 10.1. The van der Waals surface area contributed by atoms with Crippen LogP contribution in [0.25, 0.3) is 10.8 Å². The van der Waals surface area contributed by atoms with Crippen LogP contribution in [0.3, 0.4) is 0 Å². The van der Waals surface area contributed by atoms with Crippen LogP contribution in [0, 0.1) is 5.82 Å². The number of nitrogens with one attached hydrogen (secondary N) is 2. The first-order valence-corrected chi connectivity index (χ1v) is 6.92. The maximum atomic E-state index is 13.8. The smallest absolute Gasteiger partial charge is 0.239 e. The van der Waals surface area contributed by atoms with Crippen molar-refractivity contribution in [3.8, 4) is 0 Å². The minimum Gasteiger partial charge on any atom is -0.337 e. The molecule has 0 unspecified atom stereocenters. The molecule has 3 rings (SSSR count). The Morgan fingerprint density at radius 3 is 2.62 bits per heavy atom. The zero-order valence-corrected chi connectivity index (χ0v) is 12.4. The molecule has 2 aromatic carbocycles. The number of halogens is 2. The van der Waals surface area contributed by atoms with Crippen LogP contribution in [0.4, 0.5) is 21.8 Å². The van der Waals surface area contributed by atoms with Crippen LogP contribution in [0.15, 0.2) is 47.1 Å². The summed E-state index contributed by atoms with van der Waals surface area (Å²) in [4.78, 5) is 7.68. The molecule has 0 bridgehead atoms. The summed E-state index contributed by atoms with van der Waals surface area (Å²) in [5.41, 5.74) is 3.04. The minimum absolute atomic E-state index is 0.0606. The number of hydrazine groups is 1. The van der Waals surface area contributed by atoms with Gasteiger partial charge in [-0.05, 0) is 17.5 Å². The van der Waals surface area contributed by atoms with Crippen LogP contribution < -0.4 is 16.6 Å². The Balaban J connectivity index is 2.08. The highest BCUT2D eigenvalue weighted by Crippen LogP contribution is 2.31. The summed E-state index contributed by atoms with van der Waals surface area (Å²) in [7, 11) is 0. The van der Waals surface area contributed by atoms with E-state index in [9.17, 15) is 4.39 Å². The fourth-order valence-corrected chi connectivity index (χ4v) is 2.50. The van der Waals surface area contributed by atoms with Crippen molar-refractivity contribution in [1.82, 2.24) is 9.97 Å². The van der Waals surface area contributed by atoms with Crippen molar-refractivity contribution in [1.29, 1.82) is 0 Å². The van der Waals surface area contributed by atoms with Gasteiger partial charge in [-0.2, -0.15) is 4.98 Å². The zero-order valence-electron chi connectivity index (χ0n) is 10.8. The summed E-state index contributed by atoms with van der Waals surface area (Å²) in [6, 6.07) is 11.5. The highest BCUT2D eigenvalue weighted by molar-refractivity contribution is 9.10. The molecule has 1 heterocycles. The van der Waals surface area contributed by atoms with Gasteiger partial charge in [0.25, 0.3) is 0 Å². The summed E-state index contributed by atoms with van der Waals surface area (Å²) in [6.45, 7) is 0. The normalized spacial score (nSPS) is 10.6. The van der Waals surface area contributed by atoms with E-state index in [1.165, 1.54) is 0 Å². The Kier molecular flexibility index (Phi) is 3.68. The zero-order chi connectivity index (χ0) is 14.8. The van der Waals surface area contributed by atoms with Gasteiger partial charge in [-0.25, -0.2) is 15.2 Å². The van der Waals surface area contributed by atoms with Gasteiger partial charge in [0.05, 0.1) is 6.20 Å². The molecule has 0 aliphatic rings. The number of rotatable bonds is 3. The van der Waals surface area contributed by atoms with Crippen LogP contribution >= 0.6 is 15.9 Å². The van der Waals surface area contributed by atoms with Crippen LogP contribution in [0.1, 0.15) is 0 Å². The van der Waals surface area contributed by atoms with Crippen LogP contribution in [0.5, 0.6) is 0 Å². The van der Waals surface area contributed by atoms with Crippen molar-refractivity contribution >= 4 is 44.2 Å². The minimum atomic E-state index is -0.555. The number of hydrogen-bond donors (Lipinski definition) is 3. The molecule has 0 amide bonds. The van der Waals surface area contributed by atoms with Crippen molar-refractivity contribution in [3.63, 3.8) is 0 Å². The molecule has 0 radical (unpaired) electrons. The number of nitrogens with zero attached hydrogens (tertiary/aromatic N) is 2. The lowest BCUT2D eigenvalue weighted by Gasteiger charge is -2.11. The molecule has 0 aliphatic carbocycles. The summed E-state index contributed by atoms with van der Waals surface area (Å²) >= 11 is 3.50. The predicted octanol–water partition coefficient (Wildman–Crippen LogP) is 3.56. The number of fused-ring (bicyclic) bond motifs is 1. The summed E-state index contributed by atoms with van der Waals surface area (Å²) < 4.78 is 14.8. The first-order valence-electron chi connectivity index (χ1n) is 6.12. The molecule has 1 aromatic heterocycles. The standard InChI is InChI=1S/C14H11BrFN5/c15-10-5-6-12(9-4-2-1-3-8(9)10)19-13-11(16)7-18-14(20-13)21-17/h1-7H,17H2,(H2,18,19,20,21). The fraction of sp³-hybridized carbons (Fsp3) is 0. The second kappa shape index (κ2) is 5.63. The Morgan fingerprint density at radius 1 is 1.10 bits per heavy atom. The molecule has 0 saturated heterocycles. The average Bonchev–Trinajstić information content (AvgIpc) is 2.52. The number of nitrogens with two attached hydrogens (primary N) is 1.